The summed E-state index contributed by atoms with van der Waals surface area (Å²) in [6.07, 6.45) is -4.86. The van der Waals surface area contributed by atoms with E-state index in [9.17, 15) is 31.5 Å². The molecule has 0 saturated heterocycles. The van der Waals surface area contributed by atoms with Crippen molar-refractivity contribution in [2.75, 3.05) is 17.7 Å². The number of hydrogen-bond donors (Lipinski definition) is 2. The van der Waals surface area contributed by atoms with Crippen LogP contribution in [0.25, 0.3) is 0 Å². The number of carbonyl (C=O) groups is 2. The minimum atomic E-state index is -4.86. The van der Waals surface area contributed by atoms with Gasteiger partial charge in [-0.05, 0) is 48.5 Å². The molecule has 0 aliphatic rings. The van der Waals surface area contributed by atoms with Crippen LogP contribution >= 0.6 is 11.6 Å². The van der Waals surface area contributed by atoms with Crippen LogP contribution in [-0.4, -0.2) is 24.0 Å². The largest absolute Gasteiger partial charge is 0.464 e. The van der Waals surface area contributed by atoms with Gasteiger partial charge < -0.3 is 15.4 Å². The first-order chi connectivity index (χ1) is 15.5. The van der Waals surface area contributed by atoms with Crippen LogP contribution in [0, 0.1) is 11.6 Å². The van der Waals surface area contributed by atoms with Crippen molar-refractivity contribution >= 4 is 40.7 Å². The summed E-state index contributed by atoms with van der Waals surface area (Å²) < 4.78 is 70.4. The van der Waals surface area contributed by atoms with Crippen LogP contribution in [0.1, 0.15) is 26.4 Å². The second-order valence-electron chi connectivity index (χ2n) is 6.51. The van der Waals surface area contributed by atoms with Gasteiger partial charge in [0, 0.05) is 5.56 Å². The molecule has 0 aliphatic carbocycles. The molecule has 0 fully saturated rings. The molecule has 12 heteroatoms. The SMILES string of the molecule is COC(=O)c1nc(NC(=O)c2cc(F)cc(C(F)(F)F)c2)ccc1Nc1cc(F)ccc1Cl. The van der Waals surface area contributed by atoms with Crippen molar-refractivity contribution in [1.82, 2.24) is 4.98 Å². The van der Waals surface area contributed by atoms with Crippen molar-refractivity contribution in [3.8, 4) is 0 Å². The number of esters is 1. The van der Waals surface area contributed by atoms with E-state index in [1.165, 1.54) is 18.2 Å². The van der Waals surface area contributed by atoms with E-state index in [4.69, 9.17) is 11.6 Å². The molecule has 3 aromatic rings. The average molecular weight is 486 g/mol. The Balaban J connectivity index is 1.92. The van der Waals surface area contributed by atoms with Crippen LogP contribution in [-0.2, 0) is 10.9 Å². The van der Waals surface area contributed by atoms with Crippen molar-refractivity contribution in [2.24, 2.45) is 0 Å². The van der Waals surface area contributed by atoms with Gasteiger partial charge in [0.05, 0.1) is 29.1 Å². The van der Waals surface area contributed by atoms with Crippen LogP contribution in [0.15, 0.2) is 48.5 Å². The zero-order valence-electron chi connectivity index (χ0n) is 16.6. The molecule has 0 spiro atoms. The number of amides is 1. The number of nitrogens with zero attached hydrogens (tertiary/aromatic N) is 1. The first-order valence-corrected chi connectivity index (χ1v) is 9.36. The topological polar surface area (TPSA) is 80.3 Å². The number of carbonyl (C=O) groups excluding carboxylic acids is 2. The van der Waals surface area contributed by atoms with Crippen molar-refractivity contribution in [1.29, 1.82) is 0 Å². The smallest absolute Gasteiger partial charge is 0.416 e. The van der Waals surface area contributed by atoms with Gasteiger partial charge in [-0.2, -0.15) is 13.2 Å². The van der Waals surface area contributed by atoms with Crippen molar-refractivity contribution in [3.63, 3.8) is 0 Å². The van der Waals surface area contributed by atoms with Gasteiger partial charge in [0.15, 0.2) is 5.69 Å². The Morgan fingerprint density at radius 1 is 0.970 bits per heavy atom. The van der Waals surface area contributed by atoms with Gasteiger partial charge in [0.1, 0.15) is 17.5 Å². The number of benzene rings is 2. The standard InChI is InChI=1S/C21H13ClF5N3O3/c1-33-20(32)18-15(28-16-9-12(23)2-3-14(16)22)4-5-17(29-18)30-19(31)10-6-11(21(25,26)27)8-13(24)7-10/h2-9,28H,1H3,(H,29,30,31). The van der Waals surface area contributed by atoms with E-state index in [1.54, 1.807) is 0 Å². The average Bonchev–Trinajstić information content (AvgIpc) is 2.75. The number of pyridine rings is 1. The number of methoxy groups -OCH3 is 1. The van der Waals surface area contributed by atoms with Crippen molar-refractivity contribution in [3.05, 3.63) is 82.0 Å². The van der Waals surface area contributed by atoms with Crippen LogP contribution < -0.4 is 10.6 Å². The number of hydrogen-bond acceptors (Lipinski definition) is 5. The second-order valence-corrected chi connectivity index (χ2v) is 6.92. The van der Waals surface area contributed by atoms with Gasteiger partial charge in [0.2, 0.25) is 0 Å². The molecule has 2 N–H and O–H groups in total. The molecule has 1 aromatic heterocycles. The molecular weight excluding hydrogens is 473 g/mol. The zero-order valence-corrected chi connectivity index (χ0v) is 17.3. The molecule has 0 bridgehead atoms. The third-order valence-corrected chi connectivity index (χ3v) is 4.53. The predicted molar refractivity (Wildman–Crippen MR) is 110 cm³/mol. The molecule has 2 aromatic carbocycles. The first-order valence-electron chi connectivity index (χ1n) is 8.98. The second kappa shape index (κ2) is 9.41. The lowest BCUT2D eigenvalue weighted by Gasteiger charge is -2.14. The Hall–Kier alpha value is -3.73. The van der Waals surface area contributed by atoms with Gasteiger partial charge in [-0.15, -0.1) is 0 Å². The van der Waals surface area contributed by atoms with Crippen LogP contribution in [0.4, 0.5) is 39.1 Å². The molecule has 0 atom stereocenters. The number of ether oxygens (including phenoxy) is 1. The van der Waals surface area contributed by atoms with E-state index in [2.05, 4.69) is 20.4 Å². The molecule has 3 rings (SSSR count). The maximum absolute atomic E-state index is 13.6. The molecule has 0 radical (unpaired) electrons. The lowest BCUT2D eigenvalue weighted by Crippen LogP contribution is -2.17. The summed E-state index contributed by atoms with van der Waals surface area (Å²) in [5.41, 5.74) is -2.15. The summed E-state index contributed by atoms with van der Waals surface area (Å²) in [5.74, 6) is -4.14. The van der Waals surface area contributed by atoms with E-state index in [0.717, 1.165) is 19.2 Å². The number of alkyl halides is 3. The van der Waals surface area contributed by atoms with Gasteiger partial charge in [0.25, 0.3) is 5.91 Å². The number of nitrogens with one attached hydrogen (secondary N) is 2. The van der Waals surface area contributed by atoms with Crippen LogP contribution in [0.5, 0.6) is 0 Å². The van der Waals surface area contributed by atoms with E-state index < -0.39 is 40.8 Å². The Morgan fingerprint density at radius 3 is 2.36 bits per heavy atom. The highest BCUT2D eigenvalue weighted by molar-refractivity contribution is 6.33. The Morgan fingerprint density at radius 2 is 1.70 bits per heavy atom. The summed E-state index contributed by atoms with van der Waals surface area (Å²) in [6, 6.07) is 7.32. The van der Waals surface area contributed by atoms with E-state index >= 15 is 0 Å². The minimum absolute atomic E-state index is 0.0393. The maximum Gasteiger partial charge on any atom is 0.416 e. The lowest BCUT2D eigenvalue weighted by atomic mass is 10.1. The monoisotopic (exact) mass is 485 g/mol. The Bertz CT molecular complexity index is 1230. The fraction of sp³-hybridized carbons (Fsp3) is 0.0952. The third-order valence-electron chi connectivity index (χ3n) is 4.20. The quantitative estimate of drug-likeness (QED) is 0.352. The highest BCUT2D eigenvalue weighted by atomic mass is 35.5. The highest BCUT2D eigenvalue weighted by Crippen LogP contribution is 2.31. The van der Waals surface area contributed by atoms with Crippen LogP contribution in [0.3, 0.4) is 0 Å². The Kier molecular flexibility index (Phi) is 6.82. The van der Waals surface area contributed by atoms with Crippen molar-refractivity contribution < 1.29 is 36.3 Å². The molecule has 0 unspecified atom stereocenters. The number of rotatable bonds is 5. The molecule has 172 valence electrons. The summed E-state index contributed by atoms with van der Waals surface area (Å²) in [7, 11) is 1.07. The van der Waals surface area contributed by atoms with Gasteiger partial charge >= 0.3 is 12.1 Å². The lowest BCUT2D eigenvalue weighted by molar-refractivity contribution is -0.137. The third kappa shape index (κ3) is 5.75. The fourth-order valence-electron chi connectivity index (χ4n) is 2.69. The molecule has 1 heterocycles. The van der Waals surface area contributed by atoms with E-state index in [1.807, 2.05) is 0 Å². The van der Waals surface area contributed by atoms with E-state index in [0.29, 0.717) is 12.1 Å². The molecule has 0 aliphatic heterocycles. The Labute approximate surface area is 188 Å². The van der Waals surface area contributed by atoms with Gasteiger partial charge in [-0.25, -0.2) is 18.6 Å². The molecular formula is C21H13ClF5N3O3. The maximum atomic E-state index is 13.6. The summed E-state index contributed by atoms with van der Waals surface area (Å²) in [5, 5.41) is 5.04. The summed E-state index contributed by atoms with van der Waals surface area (Å²) in [6.45, 7) is 0. The van der Waals surface area contributed by atoms with Gasteiger partial charge in [-0.1, -0.05) is 11.6 Å². The molecule has 1 amide bonds. The number of anilines is 3. The zero-order chi connectivity index (χ0) is 24.3. The molecule has 0 saturated carbocycles. The number of aromatic nitrogens is 1. The minimum Gasteiger partial charge on any atom is -0.464 e. The van der Waals surface area contributed by atoms with Crippen LogP contribution in [0.2, 0.25) is 5.02 Å². The molecule has 33 heavy (non-hydrogen) atoms. The van der Waals surface area contributed by atoms with Gasteiger partial charge in [-0.3, -0.25) is 4.79 Å². The predicted octanol–water partition coefficient (Wildman–Crippen LogP) is 5.81. The highest BCUT2D eigenvalue weighted by Gasteiger charge is 2.32. The first kappa shape index (κ1) is 23.9. The molecule has 6 nitrogen and oxygen atoms in total. The number of halogens is 6. The summed E-state index contributed by atoms with van der Waals surface area (Å²) in [4.78, 5) is 28.5. The van der Waals surface area contributed by atoms with E-state index in [-0.39, 0.29) is 34.0 Å². The summed E-state index contributed by atoms with van der Waals surface area (Å²) >= 11 is 6.00. The normalized spacial score (nSPS) is 11.1. The van der Waals surface area contributed by atoms with Crippen molar-refractivity contribution in [2.45, 2.75) is 6.18 Å². The fourth-order valence-corrected chi connectivity index (χ4v) is 2.86.